The van der Waals surface area contributed by atoms with Crippen molar-refractivity contribution in [2.75, 3.05) is 10.8 Å². The number of amides is 2. The smallest absolute Gasteiger partial charge is 0.264 e. The van der Waals surface area contributed by atoms with Crippen molar-refractivity contribution in [3.63, 3.8) is 0 Å². The second kappa shape index (κ2) is 13.3. The van der Waals surface area contributed by atoms with Gasteiger partial charge in [-0.15, -0.1) is 0 Å². The first-order valence-electron chi connectivity index (χ1n) is 13.3. The summed E-state index contributed by atoms with van der Waals surface area (Å²) in [5, 5.41) is 3.36. The first-order chi connectivity index (χ1) is 19.1. The van der Waals surface area contributed by atoms with Crippen LogP contribution >= 0.6 is 11.6 Å². The van der Waals surface area contributed by atoms with Crippen molar-refractivity contribution >= 4 is 39.1 Å². The highest BCUT2D eigenvalue weighted by Gasteiger charge is 2.33. The Kier molecular flexibility index (Phi) is 9.81. The molecule has 0 heterocycles. The van der Waals surface area contributed by atoms with Crippen LogP contribution in [-0.4, -0.2) is 43.8 Å². The number of hydrogen-bond acceptors (Lipinski definition) is 4. The van der Waals surface area contributed by atoms with Crippen LogP contribution in [0.3, 0.4) is 0 Å². The van der Waals surface area contributed by atoms with Gasteiger partial charge in [0.05, 0.1) is 10.6 Å². The molecule has 4 rings (SSSR count). The van der Waals surface area contributed by atoms with Crippen LogP contribution in [0.15, 0.2) is 83.8 Å². The highest BCUT2D eigenvalue weighted by atomic mass is 35.5. The van der Waals surface area contributed by atoms with Crippen LogP contribution < -0.4 is 9.62 Å². The molecule has 1 atom stereocenters. The molecule has 3 aromatic carbocycles. The van der Waals surface area contributed by atoms with Gasteiger partial charge in [0.25, 0.3) is 10.0 Å². The molecule has 0 spiro atoms. The molecule has 212 valence electrons. The second-order valence-electron chi connectivity index (χ2n) is 9.97. The number of halogens is 2. The highest BCUT2D eigenvalue weighted by Crippen LogP contribution is 2.27. The van der Waals surface area contributed by atoms with Gasteiger partial charge in [-0.1, -0.05) is 67.3 Å². The van der Waals surface area contributed by atoms with Crippen LogP contribution in [0.5, 0.6) is 0 Å². The number of nitrogens with zero attached hydrogens (tertiary/aromatic N) is 2. The SMILES string of the molecule is C[C@H](C(=O)NC1CCCCC1)N(Cc1ccc(F)cc1)C(=O)CN(c1cccc(Cl)c1)S(=O)(=O)c1ccccc1. The fourth-order valence-electron chi connectivity index (χ4n) is 4.82. The lowest BCUT2D eigenvalue weighted by Gasteiger charge is -2.33. The summed E-state index contributed by atoms with van der Waals surface area (Å²) in [6, 6.07) is 18.8. The van der Waals surface area contributed by atoms with Gasteiger partial charge in [0, 0.05) is 17.6 Å². The molecule has 0 unspecified atom stereocenters. The van der Waals surface area contributed by atoms with Gasteiger partial charge in [-0.05, 0) is 67.8 Å². The normalized spacial score (nSPS) is 14.8. The third-order valence-corrected chi connectivity index (χ3v) is 9.11. The zero-order valence-corrected chi connectivity index (χ0v) is 23.9. The lowest BCUT2D eigenvalue weighted by Crippen LogP contribution is -2.53. The molecule has 3 aromatic rings. The molecule has 1 fully saturated rings. The number of carbonyl (C=O) groups excluding carboxylic acids is 2. The zero-order chi connectivity index (χ0) is 28.7. The van der Waals surface area contributed by atoms with Gasteiger partial charge in [0.1, 0.15) is 18.4 Å². The van der Waals surface area contributed by atoms with Crippen LogP contribution in [0.2, 0.25) is 5.02 Å². The Morgan fingerprint density at radius 1 is 0.975 bits per heavy atom. The second-order valence-corrected chi connectivity index (χ2v) is 12.3. The monoisotopic (exact) mass is 585 g/mol. The number of hydrogen-bond donors (Lipinski definition) is 1. The van der Waals surface area contributed by atoms with Crippen LogP contribution in [0.4, 0.5) is 10.1 Å². The fourth-order valence-corrected chi connectivity index (χ4v) is 6.43. The van der Waals surface area contributed by atoms with Crippen molar-refractivity contribution < 1.29 is 22.4 Å². The molecule has 0 bridgehead atoms. The summed E-state index contributed by atoms with van der Waals surface area (Å²) in [4.78, 5) is 28.6. The van der Waals surface area contributed by atoms with E-state index in [1.165, 1.54) is 47.4 Å². The maximum absolute atomic E-state index is 13.9. The summed E-state index contributed by atoms with van der Waals surface area (Å²) in [7, 11) is -4.17. The fraction of sp³-hybridized carbons (Fsp3) is 0.333. The van der Waals surface area contributed by atoms with Gasteiger partial charge < -0.3 is 10.2 Å². The van der Waals surface area contributed by atoms with Crippen molar-refractivity contribution in [3.05, 3.63) is 95.3 Å². The average molecular weight is 586 g/mol. The number of nitrogens with one attached hydrogen (secondary N) is 1. The number of sulfonamides is 1. The summed E-state index contributed by atoms with van der Waals surface area (Å²) in [5.74, 6) is -1.33. The van der Waals surface area contributed by atoms with Gasteiger partial charge in [-0.25, -0.2) is 12.8 Å². The Morgan fingerprint density at radius 3 is 2.30 bits per heavy atom. The maximum atomic E-state index is 13.9. The number of anilines is 1. The van der Waals surface area contributed by atoms with Crippen LogP contribution in [-0.2, 0) is 26.2 Å². The van der Waals surface area contributed by atoms with Crippen molar-refractivity contribution in [1.29, 1.82) is 0 Å². The van der Waals surface area contributed by atoms with Crippen molar-refractivity contribution in [2.45, 2.75) is 62.6 Å². The van der Waals surface area contributed by atoms with E-state index >= 15 is 0 Å². The topological polar surface area (TPSA) is 86.8 Å². The van der Waals surface area contributed by atoms with E-state index in [-0.39, 0.29) is 29.1 Å². The summed E-state index contributed by atoms with van der Waals surface area (Å²) in [6.07, 6.45) is 4.95. The Labute approximate surface area is 240 Å². The predicted molar refractivity (Wildman–Crippen MR) is 154 cm³/mol. The van der Waals surface area contributed by atoms with Crippen molar-refractivity contribution in [2.24, 2.45) is 0 Å². The van der Waals surface area contributed by atoms with Gasteiger partial charge in [0.15, 0.2) is 0 Å². The predicted octanol–water partition coefficient (Wildman–Crippen LogP) is 5.54. The van der Waals surface area contributed by atoms with Gasteiger partial charge >= 0.3 is 0 Å². The van der Waals surface area contributed by atoms with E-state index in [0.717, 1.165) is 36.4 Å². The number of carbonyl (C=O) groups is 2. The molecule has 0 saturated heterocycles. The number of rotatable bonds is 10. The van der Waals surface area contributed by atoms with Crippen molar-refractivity contribution in [1.82, 2.24) is 10.2 Å². The van der Waals surface area contributed by atoms with E-state index in [4.69, 9.17) is 11.6 Å². The molecular weight excluding hydrogens is 553 g/mol. The summed E-state index contributed by atoms with van der Waals surface area (Å²) in [6.45, 7) is 1.04. The molecule has 0 radical (unpaired) electrons. The Hall–Kier alpha value is -3.43. The van der Waals surface area contributed by atoms with Crippen LogP contribution in [0.1, 0.15) is 44.6 Å². The largest absolute Gasteiger partial charge is 0.352 e. The molecule has 2 amide bonds. The zero-order valence-electron chi connectivity index (χ0n) is 22.3. The highest BCUT2D eigenvalue weighted by molar-refractivity contribution is 7.92. The minimum absolute atomic E-state index is 0.00681. The minimum atomic E-state index is -4.17. The summed E-state index contributed by atoms with van der Waals surface area (Å²) < 4.78 is 42.1. The Morgan fingerprint density at radius 2 is 1.65 bits per heavy atom. The average Bonchev–Trinajstić information content (AvgIpc) is 2.96. The molecule has 40 heavy (non-hydrogen) atoms. The molecule has 1 saturated carbocycles. The summed E-state index contributed by atoms with van der Waals surface area (Å²) >= 11 is 6.19. The lowest BCUT2D eigenvalue weighted by molar-refractivity contribution is -0.139. The molecular formula is C30H33ClFN3O4S. The maximum Gasteiger partial charge on any atom is 0.264 e. The van der Waals surface area contributed by atoms with Gasteiger partial charge in [-0.2, -0.15) is 0 Å². The summed E-state index contributed by atoms with van der Waals surface area (Å²) in [5.41, 5.74) is 0.818. The standard InChI is InChI=1S/C30H33ClFN3O4S/c1-22(30(37)33-26-10-4-2-5-11-26)34(20-23-15-17-25(32)18-16-23)29(36)21-35(27-12-8-9-24(31)19-27)40(38,39)28-13-6-3-7-14-28/h3,6-9,12-19,22,26H,2,4-5,10-11,20-21H2,1H3,(H,33,37)/t22-/m1/s1. The molecule has 1 aliphatic carbocycles. The van der Waals surface area contributed by atoms with E-state index < -0.39 is 34.3 Å². The first-order valence-corrected chi connectivity index (χ1v) is 15.1. The number of benzene rings is 3. The van der Waals surface area contributed by atoms with Gasteiger partial charge in [0.2, 0.25) is 11.8 Å². The minimum Gasteiger partial charge on any atom is -0.352 e. The van der Waals surface area contributed by atoms with E-state index in [9.17, 15) is 22.4 Å². The van der Waals surface area contributed by atoms with E-state index in [0.29, 0.717) is 10.6 Å². The first kappa shape index (κ1) is 29.6. The third-order valence-electron chi connectivity index (χ3n) is 7.09. The molecule has 1 N–H and O–H groups in total. The Bertz CT molecular complexity index is 1410. The Balaban J connectivity index is 1.66. The lowest BCUT2D eigenvalue weighted by atomic mass is 9.95. The molecule has 7 nitrogen and oxygen atoms in total. The van der Waals surface area contributed by atoms with Crippen LogP contribution in [0.25, 0.3) is 0 Å². The quantitative estimate of drug-likeness (QED) is 0.338. The van der Waals surface area contributed by atoms with Crippen LogP contribution in [0, 0.1) is 5.82 Å². The molecule has 1 aliphatic rings. The van der Waals surface area contributed by atoms with E-state index in [1.54, 1.807) is 43.3 Å². The van der Waals surface area contributed by atoms with Crippen molar-refractivity contribution in [3.8, 4) is 0 Å². The molecule has 10 heteroatoms. The molecule has 0 aromatic heterocycles. The molecule has 0 aliphatic heterocycles. The van der Waals surface area contributed by atoms with E-state index in [2.05, 4.69) is 5.32 Å². The van der Waals surface area contributed by atoms with Gasteiger partial charge in [-0.3, -0.25) is 13.9 Å². The van der Waals surface area contributed by atoms with E-state index in [1.807, 2.05) is 0 Å². The third kappa shape index (κ3) is 7.40.